The van der Waals surface area contributed by atoms with Crippen LogP contribution in [0.2, 0.25) is 0 Å². The summed E-state index contributed by atoms with van der Waals surface area (Å²) in [6.45, 7) is 5.84. The van der Waals surface area contributed by atoms with E-state index in [-0.39, 0.29) is 5.56 Å². The average Bonchev–Trinajstić information content (AvgIpc) is 2.76. The smallest absolute Gasteiger partial charge is 0.269 e. The quantitative estimate of drug-likeness (QED) is 0.660. The van der Waals surface area contributed by atoms with E-state index >= 15 is 0 Å². The van der Waals surface area contributed by atoms with E-state index in [1.54, 1.807) is 7.11 Å². The molecule has 0 N–H and O–H groups in total. The molecule has 0 spiro atoms. The van der Waals surface area contributed by atoms with Crippen molar-refractivity contribution in [2.45, 2.75) is 13.0 Å². The lowest BCUT2D eigenvalue weighted by atomic mass is 10.2. The van der Waals surface area contributed by atoms with E-state index in [4.69, 9.17) is 4.74 Å². The van der Waals surface area contributed by atoms with Crippen LogP contribution in [0.3, 0.4) is 0 Å². The zero-order valence-corrected chi connectivity index (χ0v) is 16.3. The number of ether oxygens (including phenoxy) is 1. The Kier molecular flexibility index (Phi) is 5.58. The fourth-order valence-electron chi connectivity index (χ4n) is 3.82. The van der Waals surface area contributed by atoms with E-state index in [1.807, 2.05) is 41.0 Å². The Labute approximate surface area is 165 Å². The molecule has 28 heavy (non-hydrogen) atoms. The Morgan fingerprint density at radius 2 is 1.71 bits per heavy atom. The van der Waals surface area contributed by atoms with Gasteiger partial charge in [-0.15, -0.1) is 0 Å². The van der Waals surface area contributed by atoms with Gasteiger partial charge in [-0.25, -0.2) is 4.98 Å². The van der Waals surface area contributed by atoms with E-state index < -0.39 is 0 Å². The molecule has 0 bridgehead atoms. The molecule has 2 aromatic carbocycles. The number of hydrogen-bond donors (Lipinski definition) is 0. The van der Waals surface area contributed by atoms with Crippen LogP contribution in [0.25, 0.3) is 11.0 Å². The van der Waals surface area contributed by atoms with Gasteiger partial charge < -0.3 is 14.2 Å². The lowest BCUT2D eigenvalue weighted by molar-refractivity contribution is 0.250. The first-order valence-corrected chi connectivity index (χ1v) is 9.80. The highest BCUT2D eigenvalue weighted by atomic mass is 16.5. The van der Waals surface area contributed by atoms with Crippen LogP contribution in [-0.2, 0) is 6.54 Å². The number of aryl methyl sites for hydroxylation is 1. The van der Waals surface area contributed by atoms with Crippen LogP contribution in [0.15, 0.2) is 59.5 Å². The van der Waals surface area contributed by atoms with Crippen LogP contribution in [0, 0.1) is 0 Å². The third kappa shape index (κ3) is 4.02. The van der Waals surface area contributed by atoms with E-state index in [1.165, 1.54) is 11.9 Å². The summed E-state index contributed by atoms with van der Waals surface area (Å²) in [4.78, 5) is 21.4. The molecule has 1 aromatic heterocycles. The number of para-hydroxylation sites is 2. The standard InChI is InChI=1S/C22H26N4O2/c1-28-19-9-7-18(8-10-19)25-15-13-24(14-16-25)11-4-12-26-21-6-3-2-5-20(21)23-17-22(26)27/h2-3,5-10,17H,4,11-16H2,1H3. The molecule has 1 fully saturated rings. The number of nitrogens with zero attached hydrogens (tertiary/aromatic N) is 4. The molecule has 0 radical (unpaired) electrons. The van der Waals surface area contributed by atoms with Crippen LogP contribution in [0.4, 0.5) is 5.69 Å². The summed E-state index contributed by atoms with van der Waals surface area (Å²) in [6.07, 6.45) is 2.38. The molecular formula is C22H26N4O2. The van der Waals surface area contributed by atoms with Gasteiger partial charge in [0.05, 0.1) is 24.3 Å². The summed E-state index contributed by atoms with van der Waals surface area (Å²) in [5, 5.41) is 0. The first-order valence-electron chi connectivity index (χ1n) is 9.80. The number of aromatic nitrogens is 2. The summed E-state index contributed by atoms with van der Waals surface area (Å²) in [6, 6.07) is 16.1. The van der Waals surface area contributed by atoms with Crippen molar-refractivity contribution < 1.29 is 4.74 Å². The number of fused-ring (bicyclic) bond motifs is 1. The van der Waals surface area contributed by atoms with Crippen molar-refractivity contribution in [3.05, 3.63) is 65.1 Å². The maximum absolute atomic E-state index is 12.2. The zero-order valence-electron chi connectivity index (χ0n) is 16.3. The zero-order chi connectivity index (χ0) is 19.3. The first kappa shape index (κ1) is 18.5. The summed E-state index contributed by atoms with van der Waals surface area (Å²) >= 11 is 0. The van der Waals surface area contributed by atoms with Gasteiger partial charge in [0, 0.05) is 38.4 Å². The van der Waals surface area contributed by atoms with Gasteiger partial charge in [0.15, 0.2) is 0 Å². The van der Waals surface area contributed by atoms with Crippen LogP contribution >= 0.6 is 0 Å². The second-order valence-electron chi connectivity index (χ2n) is 7.12. The molecule has 0 saturated carbocycles. The van der Waals surface area contributed by atoms with Crippen molar-refractivity contribution >= 4 is 16.7 Å². The molecule has 6 heteroatoms. The highest BCUT2D eigenvalue weighted by Gasteiger charge is 2.17. The molecule has 1 saturated heterocycles. The number of anilines is 1. The Hall–Kier alpha value is -2.86. The highest BCUT2D eigenvalue weighted by molar-refractivity contribution is 5.74. The third-order valence-corrected chi connectivity index (χ3v) is 5.42. The molecule has 0 amide bonds. The molecule has 4 rings (SSSR count). The third-order valence-electron chi connectivity index (χ3n) is 5.42. The molecule has 0 aliphatic carbocycles. The van der Waals surface area contributed by atoms with E-state index in [0.717, 1.165) is 62.5 Å². The van der Waals surface area contributed by atoms with E-state index in [2.05, 4.69) is 26.9 Å². The SMILES string of the molecule is COc1ccc(N2CCN(CCCn3c(=O)cnc4ccccc43)CC2)cc1. The maximum atomic E-state index is 12.2. The molecule has 6 nitrogen and oxygen atoms in total. The van der Waals surface area contributed by atoms with Crippen molar-refractivity contribution in [3.63, 3.8) is 0 Å². The van der Waals surface area contributed by atoms with Gasteiger partial charge >= 0.3 is 0 Å². The topological polar surface area (TPSA) is 50.6 Å². The molecular weight excluding hydrogens is 352 g/mol. The van der Waals surface area contributed by atoms with Gasteiger partial charge in [0.2, 0.25) is 0 Å². The fraction of sp³-hybridized carbons (Fsp3) is 0.364. The Bertz CT molecular complexity index is 976. The molecule has 146 valence electrons. The van der Waals surface area contributed by atoms with Crippen molar-refractivity contribution in [2.24, 2.45) is 0 Å². The number of hydrogen-bond acceptors (Lipinski definition) is 5. The van der Waals surface area contributed by atoms with Crippen molar-refractivity contribution in [1.82, 2.24) is 14.5 Å². The first-order chi connectivity index (χ1) is 13.7. The largest absolute Gasteiger partial charge is 0.497 e. The summed E-state index contributed by atoms with van der Waals surface area (Å²) < 4.78 is 7.08. The second kappa shape index (κ2) is 8.44. The minimum absolute atomic E-state index is 0.0250. The number of rotatable bonds is 6. The van der Waals surface area contributed by atoms with Crippen LogP contribution in [0.1, 0.15) is 6.42 Å². The summed E-state index contributed by atoms with van der Waals surface area (Å²) in [5.74, 6) is 0.890. The average molecular weight is 378 g/mol. The Balaban J connectivity index is 1.30. The number of benzene rings is 2. The van der Waals surface area contributed by atoms with E-state index in [0.29, 0.717) is 0 Å². The van der Waals surface area contributed by atoms with Gasteiger partial charge in [0.25, 0.3) is 5.56 Å². The molecule has 0 unspecified atom stereocenters. The van der Waals surface area contributed by atoms with Crippen molar-refractivity contribution in [1.29, 1.82) is 0 Å². The molecule has 2 heterocycles. The predicted octanol–water partition coefficient (Wildman–Crippen LogP) is 2.62. The minimum atomic E-state index is -0.0250. The fourth-order valence-corrected chi connectivity index (χ4v) is 3.82. The lowest BCUT2D eigenvalue weighted by Gasteiger charge is -2.36. The predicted molar refractivity (Wildman–Crippen MR) is 112 cm³/mol. The molecule has 3 aromatic rings. The molecule has 0 atom stereocenters. The highest BCUT2D eigenvalue weighted by Crippen LogP contribution is 2.20. The summed E-state index contributed by atoms with van der Waals surface area (Å²) in [5.41, 5.74) is 3.01. The second-order valence-corrected chi connectivity index (χ2v) is 7.12. The lowest BCUT2D eigenvalue weighted by Crippen LogP contribution is -2.46. The Morgan fingerprint density at radius 1 is 0.964 bits per heavy atom. The van der Waals surface area contributed by atoms with Gasteiger partial charge in [-0.1, -0.05) is 12.1 Å². The Morgan fingerprint density at radius 3 is 2.46 bits per heavy atom. The van der Waals surface area contributed by atoms with Crippen LogP contribution in [-0.4, -0.2) is 54.3 Å². The molecule has 1 aliphatic heterocycles. The van der Waals surface area contributed by atoms with Gasteiger partial charge in [-0.05, 0) is 49.4 Å². The van der Waals surface area contributed by atoms with Gasteiger partial charge in [-0.3, -0.25) is 9.69 Å². The normalized spacial score (nSPS) is 15.1. The van der Waals surface area contributed by atoms with Crippen LogP contribution < -0.4 is 15.2 Å². The van der Waals surface area contributed by atoms with E-state index in [9.17, 15) is 4.79 Å². The van der Waals surface area contributed by atoms with Crippen LogP contribution in [0.5, 0.6) is 5.75 Å². The van der Waals surface area contributed by atoms with Gasteiger partial charge in [0.1, 0.15) is 5.75 Å². The summed E-state index contributed by atoms with van der Waals surface area (Å²) in [7, 11) is 1.69. The number of piperazine rings is 1. The van der Waals surface area contributed by atoms with Crippen molar-refractivity contribution in [3.8, 4) is 5.75 Å². The minimum Gasteiger partial charge on any atom is -0.497 e. The van der Waals surface area contributed by atoms with Crippen molar-refractivity contribution in [2.75, 3.05) is 44.7 Å². The maximum Gasteiger partial charge on any atom is 0.269 e. The number of methoxy groups -OCH3 is 1. The monoisotopic (exact) mass is 378 g/mol. The van der Waals surface area contributed by atoms with Gasteiger partial charge in [-0.2, -0.15) is 0 Å². The molecule has 1 aliphatic rings.